The predicted octanol–water partition coefficient (Wildman–Crippen LogP) is 4.33. The Labute approximate surface area is 94.4 Å². The first-order valence-corrected chi connectivity index (χ1v) is 4.63. The fourth-order valence-corrected chi connectivity index (χ4v) is 1.59. The monoisotopic (exact) mass is 340 g/mol. The first kappa shape index (κ1) is 12.6. The maximum absolute atomic E-state index is 12.2. The van der Waals surface area contributed by atoms with Crippen molar-refractivity contribution >= 4 is 22.6 Å². The minimum atomic E-state index is -4.76. The number of benzene rings is 1. The van der Waals surface area contributed by atoms with Crippen molar-refractivity contribution in [3.05, 3.63) is 32.9 Å². The highest BCUT2D eigenvalue weighted by atomic mass is 127. The Hall–Kier alpha value is -0.470. The maximum Gasteiger partial charge on any atom is 0.416 e. The van der Waals surface area contributed by atoms with Gasteiger partial charge >= 0.3 is 12.4 Å². The van der Waals surface area contributed by atoms with Gasteiger partial charge < -0.3 is 0 Å². The Morgan fingerprint density at radius 3 is 1.33 bits per heavy atom. The van der Waals surface area contributed by atoms with Crippen LogP contribution in [0.2, 0.25) is 0 Å². The first-order chi connectivity index (χ1) is 6.60. The Morgan fingerprint density at radius 2 is 1.07 bits per heavy atom. The topological polar surface area (TPSA) is 0 Å². The zero-order valence-corrected chi connectivity index (χ0v) is 9.04. The Bertz CT molecular complexity index is 332. The molecule has 0 amide bonds. The quantitative estimate of drug-likeness (QED) is 0.487. The summed E-state index contributed by atoms with van der Waals surface area (Å²) in [5, 5.41) is 0. The van der Waals surface area contributed by atoms with Gasteiger partial charge in [0, 0.05) is 3.57 Å². The van der Waals surface area contributed by atoms with Gasteiger partial charge in [0.15, 0.2) is 0 Å². The average Bonchev–Trinajstić information content (AvgIpc) is 1.99. The molecule has 0 unspecified atom stereocenters. The highest BCUT2D eigenvalue weighted by Crippen LogP contribution is 2.36. The number of hydrogen-bond donors (Lipinski definition) is 0. The third-order valence-corrected chi connectivity index (χ3v) is 2.18. The van der Waals surface area contributed by atoms with Crippen LogP contribution in [0.15, 0.2) is 18.2 Å². The Balaban J connectivity index is 3.30. The SMILES string of the molecule is FC(F)(F)c1cc(I)cc(C(F)(F)F)c1. The highest BCUT2D eigenvalue weighted by molar-refractivity contribution is 14.1. The van der Waals surface area contributed by atoms with Gasteiger partial charge in [-0.3, -0.25) is 0 Å². The molecular formula is C8H3F6I. The van der Waals surface area contributed by atoms with Gasteiger partial charge in [-0.05, 0) is 40.8 Å². The lowest BCUT2D eigenvalue weighted by atomic mass is 10.1. The average molecular weight is 340 g/mol. The summed E-state index contributed by atoms with van der Waals surface area (Å²) in [5.74, 6) is 0. The molecule has 0 spiro atoms. The molecule has 0 radical (unpaired) electrons. The van der Waals surface area contributed by atoms with Crippen molar-refractivity contribution in [3.8, 4) is 0 Å². The van der Waals surface area contributed by atoms with Gasteiger partial charge in [0.1, 0.15) is 0 Å². The van der Waals surface area contributed by atoms with Crippen LogP contribution in [-0.4, -0.2) is 0 Å². The molecule has 1 aromatic carbocycles. The summed E-state index contributed by atoms with van der Waals surface area (Å²) < 4.78 is 72.9. The molecule has 0 bridgehead atoms. The number of hydrogen-bond acceptors (Lipinski definition) is 0. The van der Waals surface area contributed by atoms with Crippen molar-refractivity contribution in [2.75, 3.05) is 0 Å². The van der Waals surface area contributed by atoms with Gasteiger partial charge in [-0.25, -0.2) is 0 Å². The van der Waals surface area contributed by atoms with Gasteiger partial charge in [-0.1, -0.05) is 0 Å². The molecule has 0 aromatic heterocycles. The van der Waals surface area contributed by atoms with Crippen LogP contribution >= 0.6 is 22.6 Å². The molecule has 0 nitrogen and oxygen atoms in total. The summed E-state index contributed by atoms with van der Waals surface area (Å²) in [6.45, 7) is 0. The van der Waals surface area contributed by atoms with Crippen LogP contribution in [0.3, 0.4) is 0 Å². The van der Waals surface area contributed by atoms with Gasteiger partial charge in [0.05, 0.1) is 11.1 Å². The molecular weight excluding hydrogens is 337 g/mol. The van der Waals surface area contributed by atoms with Gasteiger partial charge in [0.25, 0.3) is 0 Å². The van der Waals surface area contributed by atoms with Gasteiger partial charge in [-0.15, -0.1) is 0 Å². The van der Waals surface area contributed by atoms with Gasteiger partial charge in [0.2, 0.25) is 0 Å². The van der Waals surface area contributed by atoms with E-state index < -0.39 is 23.5 Å². The molecule has 1 aromatic rings. The normalized spacial score (nSPS) is 13.0. The summed E-state index contributed by atoms with van der Waals surface area (Å²) in [6, 6.07) is 1.42. The fourth-order valence-electron chi connectivity index (χ4n) is 0.917. The molecule has 0 aliphatic rings. The van der Waals surface area contributed by atoms with Gasteiger partial charge in [-0.2, -0.15) is 26.3 Å². The van der Waals surface area contributed by atoms with E-state index in [9.17, 15) is 26.3 Å². The van der Waals surface area contributed by atoms with E-state index in [4.69, 9.17) is 0 Å². The fraction of sp³-hybridized carbons (Fsp3) is 0.250. The van der Waals surface area contributed by atoms with Crippen molar-refractivity contribution in [2.45, 2.75) is 12.4 Å². The van der Waals surface area contributed by atoms with Crippen LogP contribution in [0.25, 0.3) is 0 Å². The zero-order valence-electron chi connectivity index (χ0n) is 6.88. The number of rotatable bonds is 0. The minimum absolute atomic E-state index is 0.0994. The molecule has 84 valence electrons. The Morgan fingerprint density at radius 1 is 0.733 bits per heavy atom. The molecule has 0 aliphatic heterocycles. The van der Waals surface area contributed by atoms with Crippen LogP contribution in [0.1, 0.15) is 11.1 Å². The summed E-state index contributed by atoms with van der Waals surface area (Å²) in [7, 11) is 0. The highest BCUT2D eigenvalue weighted by Gasteiger charge is 2.36. The molecule has 1 rings (SSSR count). The van der Waals surface area contributed by atoms with E-state index in [-0.39, 0.29) is 9.64 Å². The number of halogens is 7. The van der Waals surface area contributed by atoms with Crippen LogP contribution < -0.4 is 0 Å². The first-order valence-electron chi connectivity index (χ1n) is 3.55. The molecule has 0 fully saturated rings. The van der Waals surface area contributed by atoms with Crippen molar-refractivity contribution < 1.29 is 26.3 Å². The molecule has 0 N–H and O–H groups in total. The standard InChI is InChI=1S/C8H3F6I/c9-7(10,11)4-1-5(8(12,13)14)3-6(15)2-4/h1-3H. The van der Waals surface area contributed by atoms with E-state index in [0.717, 1.165) is 0 Å². The van der Waals surface area contributed by atoms with E-state index in [1.807, 2.05) is 0 Å². The van der Waals surface area contributed by atoms with E-state index in [1.165, 1.54) is 22.6 Å². The van der Waals surface area contributed by atoms with Crippen molar-refractivity contribution in [3.63, 3.8) is 0 Å². The Kier molecular flexibility index (Phi) is 3.22. The molecule has 15 heavy (non-hydrogen) atoms. The molecule has 0 heterocycles. The smallest absolute Gasteiger partial charge is 0.166 e. The molecule has 0 saturated heterocycles. The summed E-state index contributed by atoms with van der Waals surface area (Å²) in [6.07, 6.45) is -9.53. The molecule has 0 atom stereocenters. The van der Waals surface area contributed by atoms with E-state index in [1.54, 1.807) is 0 Å². The maximum atomic E-state index is 12.2. The van der Waals surface area contributed by atoms with Crippen LogP contribution in [0.4, 0.5) is 26.3 Å². The number of alkyl halides is 6. The third kappa shape index (κ3) is 3.25. The van der Waals surface area contributed by atoms with E-state index in [0.29, 0.717) is 12.1 Å². The third-order valence-electron chi connectivity index (χ3n) is 1.55. The van der Waals surface area contributed by atoms with Crippen LogP contribution in [-0.2, 0) is 12.4 Å². The largest absolute Gasteiger partial charge is 0.416 e. The van der Waals surface area contributed by atoms with Crippen molar-refractivity contribution in [1.82, 2.24) is 0 Å². The van der Waals surface area contributed by atoms with E-state index in [2.05, 4.69) is 0 Å². The summed E-state index contributed by atoms with van der Waals surface area (Å²) >= 11 is 1.41. The molecule has 0 saturated carbocycles. The lowest BCUT2D eigenvalue weighted by Gasteiger charge is -2.11. The lowest BCUT2D eigenvalue weighted by Crippen LogP contribution is -2.11. The van der Waals surface area contributed by atoms with Crippen molar-refractivity contribution in [1.29, 1.82) is 0 Å². The minimum Gasteiger partial charge on any atom is -0.166 e. The lowest BCUT2D eigenvalue weighted by molar-refractivity contribution is -0.143. The second-order valence-corrected chi connectivity index (χ2v) is 3.97. The second kappa shape index (κ2) is 3.84. The van der Waals surface area contributed by atoms with E-state index >= 15 is 0 Å². The molecule has 7 heteroatoms. The van der Waals surface area contributed by atoms with Crippen LogP contribution in [0, 0.1) is 3.57 Å². The zero-order chi connectivity index (χ0) is 11.9. The predicted molar refractivity (Wildman–Crippen MR) is 49.2 cm³/mol. The van der Waals surface area contributed by atoms with Crippen LogP contribution in [0.5, 0.6) is 0 Å². The summed E-state index contributed by atoms with van der Waals surface area (Å²) in [4.78, 5) is 0. The molecule has 0 aliphatic carbocycles. The van der Waals surface area contributed by atoms with Crippen molar-refractivity contribution in [2.24, 2.45) is 0 Å². The second-order valence-electron chi connectivity index (χ2n) is 2.72. The summed E-state index contributed by atoms with van der Waals surface area (Å²) in [5.41, 5.74) is -2.58.